The Kier molecular flexibility index (Phi) is 10.8. The molecule has 4 aromatic rings. The molecule has 0 amide bonds. The Morgan fingerprint density at radius 1 is 1.00 bits per heavy atom. The molecule has 0 fully saturated rings. The summed E-state index contributed by atoms with van der Waals surface area (Å²) in [7, 11) is 1.95. The van der Waals surface area contributed by atoms with E-state index in [2.05, 4.69) is 68.6 Å². The van der Waals surface area contributed by atoms with Gasteiger partial charge < -0.3 is 16.0 Å². The Morgan fingerprint density at radius 2 is 1.79 bits per heavy atom. The van der Waals surface area contributed by atoms with Crippen LogP contribution >= 0.6 is 35.7 Å². The molecular formula is C24H40N16S3+2. The number of rotatable bonds is 10. The van der Waals surface area contributed by atoms with Crippen LogP contribution in [0, 0.1) is 4.77 Å². The summed E-state index contributed by atoms with van der Waals surface area (Å²) in [4.78, 5) is 38.9. The van der Waals surface area contributed by atoms with Crippen molar-refractivity contribution in [3.05, 3.63) is 16.0 Å². The fraction of sp³-hybridized carbons (Fsp3) is 0.625. The number of aromatic amines is 3. The van der Waals surface area contributed by atoms with Crippen molar-refractivity contribution in [1.82, 2.24) is 48.6 Å². The zero-order chi connectivity index (χ0) is 30.2. The van der Waals surface area contributed by atoms with Gasteiger partial charge in [0.05, 0.1) is 6.54 Å². The monoisotopic (exact) mass is 648 g/mol. The van der Waals surface area contributed by atoms with E-state index in [1.165, 1.54) is 11.8 Å². The van der Waals surface area contributed by atoms with E-state index < -0.39 is 0 Å². The van der Waals surface area contributed by atoms with Crippen molar-refractivity contribution in [2.45, 2.75) is 56.5 Å². The van der Waals surface area contributed by atoms with Crippen molar-refractivity contribution in [1.29, 1.82) is 0 Å². The van der Waals surface area contributed by atoms with E-state index in [4.69, 9.17) is 32.2 Å². The predicted octanol–water partition coefficient (Wildman–Crippen LogP) is 0.205. The highest BCUT2D eigenvalue weighted by molar-refractivity contribution is 7.99. The maximum absolute atomic E-state index is 5.31. The van der Waals surface area contributed by atoms with E-state index in [9.17, 15) is 0 Å². The molecule has 0 aliphatic carbocycles. The minimum Gasteiger partial charge on any atom is -0.354 e. The van der Waals surface area contributed by atoms with Crippen molar-refractivity contribution >= 4 is 59.2 Å². The smallest absolute Gasteiger partial charge is 0.354 e. The van der Waals surface area contributed by atoms with Gasteiger partial charge in [-0.3, -0.25) is 4.98 Å². The second-order valence-electron chi connectivity index (χ2n) is 9.66. The fourth-order valence-corrected chi connectivity index (χ4v) is 5.97. The van der Waals surface area contributed by atoms with Crippen molar-refractivity contribution in [2.24, 2.45) is 9.98 Å². The number of anilines is 2. The van der Waals surface area contributed by atoms with Gasteiger partial charge >= 0.3 is 22.8 Å². The van der Waals surface area contributed by atoms with Crippen LogP contribution in [0.1, 0.15) is 33.1 Å². The summed E-state index contributed by atoms with van der Waals surface area (Å²) >= 11 is 8.54. The van der Waals surface area contributed by atoms with Crippen LogP contribution in [0.3, 0.4) is 0 Å². The Bertz CT molecular complexity index is 1780. The number of H-pyrrole nitrogens is 3. The number of nitrogens with one attached hydrogen (secondary N) is 6. The topological polar surface area (TPSA) is 175 Å². The lowest BCUT2D eigenvalue weighted by molar-refractivity contribution is -0.424. The molecule has 43 heavy (non-hydrogen) atoms. The summed E-state index contributed by atoms with van der Waals surface area (Å²) in [6.45, 7) is 8.36. The Labute approximate surface area is 262 Å². The standard InChI is InChI=1S/C24H38N16S3/c1-5-7-15-43-22-34-19-29-10-9-26-16-30-17(32-20(41)31-16)27-12-14-38-23-35-21(42-4)33-18(28-8-6-2)39(23)37(13-11-25-3)24(36-22)40(19)38/h25H,5-15H2,1-4H3,(H3,26,27,30,31,32,41)/p+2. The van der Waals surface area contributed by atoms with E-state index in [-0.39, 0.29) is 4.77 Å². The SMILES string of the molecule is CCCCSc1nc2n3c([nH+]1)n(CCNC)n1c(=NCCC)nc(SC)[nH+]c1n3CCNc1nc(=S)nc([nH]1)NCCN=2. The first-order valence-corrected chi connectivity index (χ1v) is 17.1. The summed E-state index contributed by atoms with van der Waals surface area (Å²) in [5.41, 5.74) is 1.21. The van der Waals surface area contributed by atoms with Gasteiger partial charge in [0.15, 0.2) is 0 Å². The van der Waals surface area contributed by atoms with E-state index in [1.54, 1.807) is 11.8 Å². The highest BCUT2D eigenvalue weighted by atomic mass is 32.2. The van der Waals surface area contributed by atoms with Crippen LogP contribution in [0.25, 0.3) is 11.6 Å². The molecule has 5 heterocycles. The number of hydrogen-bond donors (Lipinski definition) is 4. The second kappa shape index (κ2) is 14.9. The molecule has 0 atom stereocenters. The first-order chi connectivity index (χ1) is 21.1. The molecule has 2 bridgehead atoms. The molecule has 0 radical (unpaired) electrons. The maximum Gasteiger partial charge on any atom is 0.382 e. The normalized spacial score (nSPS) is 14.0. The molecule has 19 heteroatoms. The predicted molar refractivity (Wildman–Crippen MR) is 169 cm³/mol. The lowest BCUT2D eigenvalue weighted by Crippen LogP contribution is -2.46. The maximum atomic E-state index is 5.31. The molecular weight excluding hydrogens is 609 g/mol. The van der Waals surface area contributed by atoms with Crippen molar-refractivity contribution in [3.8, 4) is 0 Å². The fourth-order valence-electron chi connectivity index (χ4n) is 4.49. The molecule has 5 rings (SSSR count). The lowest BCUT2D eigenvalue weighted by atomic mass is 10.4. The molecule has 4 aromatic heterocycles. The molecule has 0 aromatic carbocycles. The Morgan fingerprint density at radius 3 is 2.53 bits per heavy atom. The summed E-state index contributed by atoms with van der Waals surface area (Å²) in [6.07, 6.45) is 5.12. The molecule has 232 valence electrons. The molecule has 1 aliphatic rings. The van der Waals surface area contributed by atoms with Gasteiger partial charge in [0.2, 0.25) is 16.7 Å². The Balaban J connectivity index is 1.86. The van der Waals surface area contributed by atoms with E-state index in [0.717, 1.165) is 53.4 Å². The molecule has 0 saturated carbocycles. The number of aromatic nitrogens is 11. The summed E-state index contributed by atoms with van der Waals surface area (Å²) in [5.74, 6) is 3.63. The third kappa shape index (κ3) is 7.27. The molecule has 0 unspecified atom stereocenters. The van der Waals surface area contributed by atoms with Crippen molar-refractivity contribution in [3.63, 3.8) is 0 Å². The minimum atomic E-state index is 0.255. The second-order valence-corrected chi connectivity index (χ2v) is 11.9. The van der Waals surface area contributed by atoms with Crippen molar-refractivity contribution < 1.29 is 9.97 Å². The third-order valence-electron chi connectivity index (χ3n) is 6.50. The van der Waals surface area contributed by atoms with Gasteiger partial charge in [-0.15, -0.1) is 9.36 Å². The van der Waals surface area contributed by atoms with Gasteiger partial charge in [-0.05, 0) is 38.4 Å². The third-order valence-corrected chi connectivity index (χ3v) is 8.22. The number of nitrogens with zero attached hydrogens (tertiary/aromatic N) is 10. The largest absolute Gasteiger partial charge is 0.382 e. The van der Waals surface area contributed by atoms with Crippen LogP contribution in [-0.4, -0.2) is 95.1 Å². The van der Waals surface area contributed by atoms with E-state index >= 15 is 0 Å². The highest BCUT2D eigenvalue weighted by Gasteiger charge is 2.27. The molecule has 1 aliphatic heterocycles. The van der Waals surface area contributed by atoms with Crippen LogP contribution in [-0.2, 0) is 13.1 Å². The first-order valence-electron chi connectivity index (χ1n) is 14.5. The van der Waals surface area contributed by atoms with Gasteiger partial charge in [-0.1, -0.05) is 62.8 Å². The lowest BCUT2D eigenvalue weighted by Gasteiger charge is -2.14. The van der Waals surface area contributed by atoms with Gasteiger partial charge in [0.1, 0.15) is 13.1 Å². The van der Waals surface area contributed by atoms with Crippen molar-refractivity contribution in [2.75, 3.05) is 62.4 Å². The first kappa shape index (κ1) is 31.1. The number of fused-ring (bicyclic) bond motifs is 4. The average molecular weight is 649 g/mol. The van der Waals surface area contributed by atoms with Crippen LogP contribution in [0.5, 0.6) is 0 Å². The molecule has 0 saturated heterocycles. The number of thioether (sulfide) groups is 2. The summed E-state index contributed by atoms with van der Waals surface area (Å²) < 4.78 is 8.63. The van der Waals surface area contributed by atoms with Crippen LogP contribution in [0.2, 0.25) is 0 Å². The number of hydrogen-bond acceptors (Lipinski definition) is 12. The van der Waals surface area contributed by atoms with Crippen LogP contribution < -0.4 is 37.2 Å². The zero-order valence-corrected chi connectivity index (χ0v) is 27.4. The minimum absolute atomic E-state index is 0.255. The van der Waals surface area contributed by atoms with Crippen LogP contribution in [0.15, 0.2) is 20.3 Å². The van der Waals surface area contributed by atoms with Gasteiger partial charge in [-0.2, -0.15) is 9.97 Å². The van der Waals surface area contributed by atoms with Crippen LogP contribution in [0.4, 0.5) is 11.9 Å². The molecule has 6 N–H and O–H groups in total. The number of likely N-dealkylation sites (N-methyl/N-ethyl adjacent to an activating group) is 1. The summed E-state index contributed by atoms with van der Waals surface area (Å²) in [6, 6.07) is 0. The highest BCUT2D eigenvalue weighted by Crippen LogP contribution is 2.12. The Hall–Kier alpha value is -3.29. The molecule has 0 spiro atoms. The van der Waals surface area contributed by atoms with Gasteiger partial charge in [0.25, 0.3) is 10.3 Å². The van der Waals surface area contributed by atoms with Gasteiger partial charge in [-0.25, -0.2) is 20.0 Å². The summed E-state index contributed by atoms with van der Waals surface area (Å²) in [5, 5.41) is 11.5. The quantitative estimate of drug-likeness (QED) is 0.0805. The average Bonchev–Trinajstić information content (AvgIpc) is 3.01. The zero-order valence-electron chi connectivity index (χ0n) is 25.0. The number of unbranched alkanes of at least 4 members (excludes halogenated alkanes) is 1. The van der Waals surface area contributed by atoms with E-state index in [1.807, 2.05) is 17.8 Å². The van der Waals surface area contributed by atoms with Gasteiger partial charge in [0, 0.05) is 31.9 Å². The molecule has 16 nitrogen and oxygen atoms in total. The van der Waals surface area contributed by atoms with E-state index in [0.29, 0.717) is 62.4 Å².